The van der Waals surface area contributed by atoms with Gasteiger partial charge in [-0.15, -0.1) is 0 Å². The van der Waals surface area contributed by atoms with Crippen molar-refractivity contribution in [1.82, 2.24) is 9.88 Å². The van der Waals surface area contributed by atoms with E-state index in [4.69, 9.17) is 0 Å². The Labute approximate surface area is 130 Å². The maximum atomic E-state index is 12.5. The number of benzene rings is 1. The van der Waals surface area contributed by atoms with Crippen LogP contribution in [0.25, 0.3) is 10.9 Å². The van der Waals surface area contributed by atoms with Crippen LogP contribution in [0.5, 0.6) is 0 Å². The topological polar surface area (TPSA) is 70.2 Å². The lowest BCUT2D eigenvalue weighted by Gasteiger charge is -2.23. The number of carbonyl (C=O) groups is 1. The van der Waals surface area contributed by atoms with E-state index in [0.29, 0.717) is 6.42 Å². The Kier molecular flexibility index (Phi) is 3.72. The minimum absolute atomic E-state index is 0.0375. The Morgan fingerprint density at radius 1 is 1.41 bits per heavy atom. The molecule has 1 aromatic carbocycles. The first-order chi connectivity index (χ1) is 10.4. The molecule has 0 spiro atoms. The fraction of sp³-hybridized carbons (Fsp3) is 0.438. The maximum Gasteiger partial charge on any atom is 0.227 e. The van der Waals surface area contributed by atoms with Crippen LogP contribution in [0.4, 0.5) is 0 Å². The molecule has 1 saturated heterocycles. The average molecular weight is 320 g/mol. The first kappa shape index (κ1) is 15.1. The number of likely N-dealkylation sites (N-methyl/N-ethyl adjacent to an activating group) is 1. The third kappa shape index (κ3) is 2.88. The van der Waals surface area contributed by atoms with Gasteiger partial charge in [0.05, 0.1) is 17.9 Å². The quantitative estimate of drug-likeness (QED) is 0.935. The van der Waals surface area contributed by atoms with Crippen LogP contribution in [0, 0.1) is 6.92 Å². The number of rotatable bonds is 3. The second-order valence-electron chi connectivity index (χ2n) is 6.10. The highest BCUT2D eigenvalue weighted by Crippen LogP contribution is 2.22. The fourth-order valence-corrected chi connectivity index (χ4v) is 4.78. The van der Waals surface area contributed by atoms with Crippen LogP contribution in [-0.4, -0.2) is 48.8 Å². The molecule has 1 aliphatic heterocycles. The number of sulfone groups is 1. The van der Waals surface area contributed by atoms with Gasteiger partial charge in [-0.05, 0) is 31.0 Å². The number of H-pyrrole nitrogens is 1. The van der Waals surface area contributed by atoms with Crippen molar-refractivity contribution in [3.63, 3.8) is 0 Å². The van der Waals surface area contributed by atoms with E-state index in [1.54, 1.807) is 11.9 Å². The monoisotopic (exact) mass is 320 g/mol. The lowest BCUT2D eigenvalue weighted by atomic mass is 10.1. The van der Waals surface area contributed by atoms with Crippen molar-refractivity contribution in [3.05, 3.63) is 35.5 Å². The van der Waals surface area contributed by atoms with E-state index in [-0.39, 0.29) is 29.9 Å². The molecule has 0 saturated carbocycles. The molecular formula is C16H20N2O3S. The van der Waals surface area contributed by atoms with E-state index in [0.717, 1.165) is 22.0 Å². The number of amides is 1. The van der Waals surface area contributed by atoms with Crippen molar-refractivity contribution in [2.45, 2.75) is 25.8 Å². The normalized spacial score (nSPS) is 20.4. The van der Waals surface area contributed by atoms with E-state index in [2.05, 4.69) is 11.1 Å². The summed E-state index contributed by atoms with van der Waals surface area (Å²) in [6, 6.07) is 5.91. The molecule has 1 aromatic heterocycles. The second kappa shape index (κ2) is 5.43. The van der Waals surface area contributed by atoms with Crippen molar-refractivity contribution in [2.24, 2.45) is 0 Å². The zero-order chi connectivity index (χ0) is 15.9. The zero-order valence-corrected chi connectivity index (χ0v) is 13.6. The number of hydrogen-bond donors (Lipinski definition) is 1. The Balaban J connectivity index is 1.77. The molecule has 1 atom stereocenters. The molecule has 0 radical (unpaired) electrons. The molecule has 3 rings (SSSR count). The standard InChI is InChI=1S/C16H20N2O3S/c1-11-3-4-15-14(7-11)12(9-17-15)8-16(19)18(2)13-5-6-22(20,21)10-13/h3-4,7,9,13,17H,5-6,8,10H2,1-2H3. The molecular weight excluding hydrogens is 300 g/mol. The number of nitrogens with one attached hydrogen (secondary N) is 1. The van der Waals surface area contributed by atoms with Gasteiger partial charge in [-0.1, -0.05) is 11.6 Å². The van der Waals surface area contributed by atoms with Gasteiger partial charge < -0.3 is 9.88 Å². The van der Waals surface area contributed by atoms with E-state index >= 15 is 0 Å². The SMILES string of the molecule is Cc1ccc2[nH]cc(CC(=O)N(C)C3CCS(=O)(=O)C3)c2c1. The molecule has 1 N–H and O–H groups in total. The number of nitrogens with zero attached hydrogens (tertiary/aromatic N) is 1. The van der Waals surface area contributed by atoms with E-state index in [9.17, 15) is 13.2 Å². The van der Waals surface area contributed by atoms with Crippen molar-refractivity contribution >= 4 is 26.6 Å². The number of aromatic amines is 1. The maximum absolute atomic E-state index is 12.5. The highest BCUT2D eigenvalue weighted by atomic mass is 32.2. The predicted octanol–water partition coefficient (Wildman–Crippen LogP) is 1.66. The molecule has 1 unspecified atom stereocenters. The van der Waals surface area contributed by atoms with E-state index in [1.165, 1.54) is 0 Å². The number of aromatic nitrogens is 1. The van der Waals surface area contributed by atoms with Crippen LogP contribution < -0.4 is 0 Å². The van der Waals surface area contributed by atoms with Crippen LogP contribution in [-0.2, 0) is 21.1 Å². The Bertz CT molecular complexity index is 823. The zero-order valence-electron chi connectivity index (χ0n) is 12.8. The molecule has 2 aromatic rings. The van der Waals surface area contributed by atoms with Gasteiger partial charge in [0.15, 0.2) is 9.84 Å². The van der Waals surface area contributed by atoms with Gasteiger partial charge in [-0.3, -0.25) is 4.79 Å². The van der Waals surface area contributed by atoms with Gasteiger partial charge in [-0.25, -0.2) is 8.42 Å². The van der Waals surface area contributed by atoms with Gasteiger partial charge in [-0.2, -0.15) is 0 Å². The number of carbonyl (C=O) groups excluding carboxylic acids is 1. The third-order valence-corrected chi connectivity index (χ3v) is 6.16. The fourth-order valence-electron chi connectivity index (χ4n) is 3.01. The van der Waals surface area contributed by atoms with Crippen LogP contribution >= 0.6 is 0 Å². The summed E-state index contributed by atoms with van der Waals surface area (Å²) in [6.07, 6.45) is 2.69. The molecule has 0 bridgehead atoms. The number of hydrogen-bond acceptors (Lipinski definition) is 3. The number of fused-ring (bicyclic) bond motifs is 1. The average Bonchev–Trinajstić information content (AvgIpc) is 3.01. The smallest absolute Gasteiger partial charge is 0.227 e. The summed E-state index contributed by atoms with van der Waals surface area (Å²) in [5.74, 6) is 0.230. The molecule has 22 heavy (non-hydrogen) atoms. The summed E-state index contributed by atoms with van der Waals surface area (Å²) in [4.78, 5) is 17.2. The van der Waals surface area contributed by atoms with Gasteiger partial charge in [0.25, 0.3) is 0 Å². The molecule has 118 valence electrons. The summed E-state index contributed by atoms with van der Waals surface area (Å²) in [7, 11) is -1.27. The molecule has 1 aliphatic rings. The summed E-state index contributed by atoms with van der Waals surface area (Å²) >= 11 is 0. The van der Waals surface area contributed by atoms with Crippen LogP contribution in [0.15, 0.2) is 24.4 Å². The highest BCUT2D eigenvalue weighted by molar-refractivity contribution is 7.91. The highest BCUT2D eigenvalue weighted by Gasteiger charge is 2.32. The molecule has 0 aliphatic carbocycles. The van der Waals surface area contributed by atoms with Gasteiger partial charge in [0.2, 0.25) is 5.91 Å². The van der Waals surface area contributed by atoms with E-state index in [1.807, 2.05) is 25.3 Å². The third-order valence-electron chi connectivity index (χ3n) is 4.41. The molecule has 6 heteroatoms. The van der Waals surface area contributed by atoms with Gasteiger partial charge in [0, 0.05) is 30.2 Å². The van der Waals surface area contributed by atoms with Crippen LogP contribution in [0.2, 0.25) is 0 Å². The molecule has 1 fully saturated rings. The van der Waals surface area contributed by atoms with E-state index < -0.39 is 9.84 Å². The second-order valence-corrected chi connectivity index (χ2v) is 8.33. The minimum Gasteiger partial charge on any atom is -0.361 e. The Morgan fingerprint density at radius 3 is 2.86 bits per heavy atom. The van der Waals surface area contributed by atoms with Crippen LogP contribution in [0.3, 0.4) is 0 Å². The van der Waals surface area contributed by atoms with Crippen molar-refractivity contribution in [2.75, 3.05) is 18.6 Å². The first-order valence-corrected chi connectivity index (χ1v) is 9.20. The summed E-state index contributed by atoms with van der Waals surface area (Å²) < 4.78 is 23.1. The van der Waals surface area contributed by atoms with Gasteiger partial charge >= 0.3 is 0 Å². The lowest BCUT2D eigenvalue weighted by Crippen LogP contribution is -2.38. The van der Waals surface area contributed by atoms with Crippen LogP contribution in [0.1, 0.15) is 17.5 Å². The van der Waals surface area contributed by atoms with Crippen molar-refractivity contribution in [3.8, 4) is 0 Å². The lowest BCUT2D eigenvalue weighted by molar-refractivity contribution is -0.130. The molecule has 5 nitrogen and oxygen atoms in total. The molecule has 1 amide bonds. The summed E-state index contributed by atoms with van der Waals surface area (Å²) in [5, 5.41) is 1.06. The largest absolute Gasteiger partial charge is 0.361 e. The first-order valence-electron chi connectivity index (χ1n) is 7.38. The summed E-state index contributed by atoms with van der Waals surface area (Å²) in [6.45, 7) is 2.02. The number of aryl methyl sites for hydroxylation is 1. The molecule has 2 heterocycles. The summed E-state index contributed by atoms with van der Waals surface area (Å²) in [5.41, 5.74) is 3.12. The van der Waals surface area contributed by atoms with Gasteiger partial charge in [0.1, 0.15) is 0 Å². The Morgan fingerprint density at radius 2 is 2.18 bits per heavy atom. The predicted molar refractivity (Wildman–Crippen MR) is 86.6 cm³/mol. The minimum atomic E-state index is -2.98. The van der Waals surface area contributed by atoms with Crippen molar-refractivity contribution in [1.29, 1.82) is 0 Å². The Hall–Kier alpha value is -1.82. The van der Waals surface area contributed by atoms with Crippen molar-refractivity contribution < 1.29 is 13.2 Å².